The maximum atomic E-state index is 12.6. The van der Waals surface area contributed by atoms with Crippen LogP contribution in [0.2, 0.25) is 0 Å². The Bertz CT molecular complexity index is 459. The zero-order valence-corrected chi connectivity index (χ0v) is 9.47. The molecule has 0 saturated carbocycles. The van der Waals surface area contributed by atoms with E-state index in [1.54, 1.807) is 11.3 Å². The first-order chi connectivity index (χ1) is 7.75. The van der Waals surface area contributed by atoms with Crippen molar-refractivity contribution in [3.8, 4) is 0 Å². The van der Waals surface area contributed by atoms with E-state index >= 15 is 0 Å². The molecule has 0 unspecified atom stereocenters. The van der Waals surface area contributed by atoms with Crippen molar-refractivity contribution in [2.75, 3.05) is 0 Å². The molecule has 0 saturated heterocycles. The second-order valence-electron chi connectivity index (χ2n) is 3.56. The third-order valence-electron chi connectivity index (χ3n) is 2.39. The number of thiophene rings is 1. The van der Waals surface area contributed by atoms with E-state index in [1.807, 2.05) is 16.8 Å². The van der Waals surface area contributed by atoms with E-state index in [0.29, 0.717) is 12.0 Å². The van der Waals surface area contributed by atoms with Gasteiger partial charge in [-0.15, -0.1) is 0 Å². The van der Waals surface area contributed by atoms with Gasteiger partial charge in [-0.05, 0) is 53.1 Å². The fourth-order valence-corrected chi connectivity index (χ4v) is 2.18. The number of benzene rings is 1. The van der Waals surface area contributed by atoms with E-state index in [0.717, 1.165) is 6.42 Å². The molecule has 82 valence electrons. The molecule has 0 atom stereocenters. The Kier molecular flexibility index (Phi) is 3.47. The summed E-state index contributed by atoms with van der Waals surface area (Å²) in [7, 11) is 0. The van der Waals surface area contributed by atoms with Crippen molar-refractivity contribution in [3.63, 3.8) is 0 Å². The minimum Gasteiger partial charge on any atom is -0.294 e. The van der Waals surface area contributed by atoms with Crippen LogP contribution in [0.5, 0.6) is 0 Å². The number of halogens is 1. The molecular weight excluding hydrogens is 223 g/mol. The van der Waals surface area contributed by atoms with Crippen molar-refractivity contribution in [2.45, 2.75) is 12.8 Å². The lowest BCUT2D eigenvalue weighted by atomic mass is 10.0. The second-order valence-corrected chi connectivity index (χ2v) is 4.34. The lowest BCUT2D eigenvalue weighted by Crippen LogP contribution is -2.00. The van der Waals surface area contributed by atoms with Crippen LogP contribution in [-0.4, -0.2) is 5.78 Å². The summed E-state index contributed by atoms with van der Waals surface area (Å²) in [6, 6.07) is 7.72. The zero-order chi connectivity index (χ0) is 11.4. The van der Waals surface area contributed by atoms with E-state index < -0.39 is 0 Å². The highest BCUT2D eigenvalue weighted by molar-refractivity contribution is 7.07. The summed E-state index contributed by atoms with van der Waals surface area (Å²) in [5.41, 5.74) is 1.76. The highest BCUT2D eigenvalue weighted by atomic mass is 32.1. The lowest BCUT2D eigenvalue weighted by Gasteiger charge is -1.99. The fraction of sp³-hybridized carbons (Fsp3) is 0.154. The number of carbonyl (C=O) groups is 1. The van der Waals surface area contributed by atoms with E-state index in [-0.39, 0.29) is 11.6 Å². The molecule has 0 aliphatic carbocycles. The summed E-state index contributed by atoms with van der Waals surface area (Å²) in [6.07, 6.45) is 1.22. The standard InChI is InChI=1S/C13H11FOS/c14-12-4-2-11(3-5-12)13(15)6-1-10-7-8-16-9-10/h2-5,7-9H,1,6H2. The predicted molar refractivity (Wildman–Crippen MR) is 63.4 cm³/mol. The molecule has 0 aliphatic rings. The highest BCUT2D eigenvalue weighted by Gasteiger charge is 2.06. The number of carbonyl (C=O) groups excluding carboxylic acids is 1. The first-order valence-corrected chi connectivity index (χ1v) is 6.00. The molecule has 0 radical (unpaired) electrons. The summed E-state index contributed by atoms with van der Waals surface area (Å²) in [5, 5.41) is 4.04. The van der Waals surface area contributed by atoms with Gasteiger partial charge in [-0.25, -0.2) is 4.39 Å². The monoisotopic (exact) mass is 234 g/mol. The van der Waals surface area contributed by atoms with Gasteiger partial charge in [0.2, 0.25) is 0 Å². The van der Waals surface area contributed by atoms with Gasteiger partial charge in [-0.1, -0.05) is 0 Å². The number of hydrogen-bond donors (Lipinski definition) is 0. The quantitative estimate of drug-likeness (QED) is 0.737. The van der Waals surface area contributed by atoms with Gasteiger partial charge in [0.15, 0.2) is 5.78 Å². The van der Waals surface area contributed by atoms with Gasteiger partial charge in [-0.2, -0.15) is 11.3 Å². The van der Waals surface area contributed by atoms with Crippen LogP contribution in [0.1, 0.15) is 22.3 Å². The number of aryl methyl sites for hydroxylation is 1. The van der Waals surface area contributed by atoms with Crippen LogP contribution in [0.15, 0.2) is 41.1 Å². The molecule has 1 aromatic carbocycles. The van der Waals surface area contributed by atoms with Gasteiger partial charge in [-0.3, -0.25) is 4.79 Å². The molecule has 0 fully saturated rings. The fourth-order valence-electron chi connectivity index (χ4n) is 1.47. The number of hydrogen-bond acceptors (Lipinski definition) is 2. The van der Waals surface area contributed by atoms with E-state index in [9.17, 15) is 9.18 Å². The zero-order valence-electron chi connectivity index (χ0n) is 8.65. The highest BCUT2D eigenvalue weighted by Crippen LogP contribution is 2.11. The van der Waals surface area contributed by atoms with Crippen LogP contribution in [-0.2, 0) is 6.42 Å². The third kappa shape index (κ3) is 2.76. The molecule has 1 nitrogen and oxygen atoms in total. The molecular formula is C13H11FOS. The maximum Gasteiger partial charge on any atom is 0.163 e. The van der Waals surface area contributed by atoms with Crippen LogP contribution >= 0.6 is 11.3 Å². The normalized spacial score (nSPS) is 10.3. The summed E-state index contributed by atoms with van der Waals surface area (Å²) < 4.78 is 12.6. The molecule has 3 heteroatoms. The van der Waals surface area contributed by atoms with E-state index in [1.165, 1.54) is 29.8 Å². The Morgan fingerprint density at radius 1 is 1.19 bits per heavy atom. The van der Waals surface area contributed by atoms with Gasteiger partial charge < -0.3 is 0 Å². The second kappa shape index (κ2) is 5.03. The van der Waals surface area contributed by atoms with Crippen LogP contribution in [0.4, 0.5) is 4.39 Å². The molecule has 1 heterocycles. The molecule has 0 bridgehead atoms. The first kappa shape index (κ1) is 11.0. The smallest absolute Gasteiger partial charge is 0.163 e. The van der Waals surface area contributed by atoms with Crippen molar-refractivity contribution < 1.29 is 9.18 Å². The van der Waals surface area contributed by atoms with Crippen molar-refractivity contribution >= 4 is 17.1 Å². The Labute approximate surface area is 97.6 Å². The van der Waals surface area contributed by atoms with Gasteiger partial charge >= 0.3 is 0 Å². The molecule has 2 aromatic rings. The minimum absolute atomic E-state index is 0.0613. The van der Waals surface area contributed by atoms with Gasteiger partial charge in [0.25, 0.3) is 0 Å². The molecule has 0 spiro atoms. The summed E-state index contributed by atoms with van der Waals surface area (Å²) in [4.78, 5) is 11.7. The lowest BCUT2D eigenvalue weighted by molar-refractivity contribution is 0.0983. The SMILES string of the molecule is O=C(CCc1ccsc1)c1ccc(F)cc1. The Balaban J connectivity index is 1.95. The molecule has 2 rings (SSSR count). The Morgan fingerprint density at radius 3 is 2.56 bits per heavy atom. The van der Waals surface area contributed by atoms with E-state index in [2.05, 4.69) is 0 Å². The van der Waals surface area contributed by atoms with Gasteiger partial charge in [0, 0.05) is 12.0 Å². The molecule has 16 heavy (non-hydrogen) atoms. The molecule has 0 amide bonds. The van der Waals surface area contributed by atoms with E-state index in [4.69, 9.17) is 0 Å². The summed E-state index contributed by atoms with van der Waals surface area (Å²) >= 11 is 1.63. The van der Waals surface area contributed by atoms with Gasteiger partial charge in [0.05, 0.1) is 0 Å². The molecule has 0 aliphatic heterocycles. The van der Waals surface area contributed by atoms with Crippen molar-refractivity contribution in [2.24, 2.45) is 0 Å². The van der Waals surface area contributed by atoms with Crippen LogP contribution in [0.3, 0.4) is 0 Å². The molecule has 1 aromatic heterocycles. The molecule has 0 N–H and O–H groups in total. The van der Waals surface area contributed by atoms with Crippen molar-refractivity contribution in [1.82, 2.24) is 0 Å². The van der Waals surface area contributed by atoms with Crippen molar-refractivity contribution in [1.29, 1.82) is 0 Å². The topological polar surface area (TPSA) is 17.1 Å². The van der Waals surface area contributed by atoms with Crippen LogP contribution in [0, 0.1) is 5.82 Å². The average molecular weight is 234 g/mol. The summed E-state index contributed by atoms with van der Waals surface area (Å²) in [6.45, 7) is 0. The van der Waals surface area contributed by atoms with Crippen LogP contribution < -0.4 is 0 Å². The minimum atomic E-state index is -0.311. The largest absolute Gasteiger partial charge is 0.294 e. The Hall–Kier alpha value is -1.48. The average Bonchev–Trinajstić information content (AvgIpc) is 2.80. The number of rotatable bonds is 4. The van der Waals surface area contributed by atoms with Crippen LogP contribution in [0.25, 0.3) is 0 Å². The third-order valence-corrected chi connectivity index (χ3v) is 3.12. The number of ketones is 1. The first-order valence-electron chi connectivity index (χ1n) is 5.05. The Morgan fingerprint density at radius 2 is 1.94 bits per heavy atom. The predicted octanol–water partition coefficient (Wildman–Crippen LogP) is 3.70. The maximum absolute atomic E-state index is 12.6. The summed E-state index contributed by atoms with van der Waals surface area (Å²) in [5.74, 6) is -0.249. The number of Topliss-reactive ketones (excluding diaryl/α,β-unsaturated/α-hetero) is 1. The van der Waals surface area contributed by atoms with Crippen molar-refractivity contribution in [3.05, 3.63) is 58.0 Å². The van der Waals surface area contributed by atoms with Gasteiger partial charge in [0.1, 0.15) is 5.82 Å².